The van der Waals surface area contributed by atoms with Gasteiger partial charge in [-0.25, -0.2) is 4.79 Å². The molecule has 1 unspecified atom stereocenters. The van der Waals surface area contributed by atoms with Crippen LogP contribution in [0.4, 0.5) is 10.5 Å². The molecular weight excluding hydrogens is 258 g/mol. The second kappa shape index (κ2) is 6.38. The van der Waals surface area contributed by atoms with Crippen molar-refractivity contribution < 1.29 is 14.7 Å². The lowest BCUT2D eigenvalue weighted by Gasteiger charge is -2.34. The van der Waals surface area contributed by atoms with E-state index in [4.69, 9.17) is 10.8 Å². The molecule has 1 atom stereocenters. The van der Waals surface area contributed by atoms with Crippen molar-refractivity contribution in [3.05, 3.63) is 30.3 Å². The first kappa shape index (κ1) is 14.3. The summed E-state index contributed by atoms with van der Waals surface area (Å²) in [5.74, 6) is -1.04. The van der Waals surface area contributed by atoms with Crippen LogP contribution in [0.15, 0.2) is 30.3 Å². The number of benzene rings is 1. The summed E-state index contributed by atoms with van der Waals surface area (Å²) >= 11 is 0. The molecule has 6 heteroatoms. The van der Waals surface area contributed by atoms with E-state index in [1.54, 1.807) is 29.2 Å². The summed E-state index contributed by atoms with van der Waals surface area (Å²) in [6, 6.07) is 8.50. The standard InChI is InChI=1S/C14H19N3O3/c15-11-5-4-8-16(9-11)14(20)17(10-13(18)19)12-6-2-1-3-7-12/h1-3,6-7,11H,4-5,8-10,15H2,(H,18,19). The average molecular weight is 277 g/mol. The van der Waals surface area contributed by atoms with E-state index in [9.17, 15) is 9.59 Å². The van der Waals surface area contributed by atoms with Crippen molar-refractivity contribution >= 4 is 17.7 Å². The van der Waals surface area contributed by atoms with E-state index in [1.807, 2.05) is 6.07 Å². The Hall–Kier alpha value is -2.08. The van der Waals surface area contributed by atoms with Crippen molar-refractivity contribution in [2.45, 2.75) is 18.9 Å². The number of urea groups is 1. The monoisotopic (exact) mass is 277 g/mol. The predicted molar refractivity (Wildman–Crippen MR) is 75.6 cm³/mol. The number of aliphatic carboxylic acids is 1. The van der Waals surface area contributed by atoms with E-state index in [2.05, 4.69) is 0 Å². The third kappa shape index (κ3) is 3.48. The molecule has 1 saturated heterocycles. The fourth-order valence-corrected chi connectivity index (χ4v) is 2.37. The maximum Gasteiger partial charge on any atom is 0.325 e. The summed E-state index contributed by atoms with van der Waals surface area (Å²) in [5.41, 5.74) is 6.46. The molecule has 0 spiro atoms. The van der Waals surface area contributed by atoms with Crippen molar-refractivity contribution in [3.63, 3.8) is 0 Å². The Morgan fingerprint density at radius 2 is 2.05 bits per heavy atom. The van der Waals surface area contributed by atoms with Gasteiger partial charge in [0.1, 0.15) is 6.54 Å². The van der Waals surface area contributed by atoms with Crippen molar-refractivity contribution in [3.8, 4) is 0 Å². The molecule has 108 valence electrons. The molecule has 1 aromatic carbocycles. The first-order valence-corrected chi connectivity index (χ1v) is 6.67. The minimum Gasteiger partial charge on any atom is -0.480 e. The van der Waals surface area contributed by atoms with E-state index >= 15 is 0 Å². The maximum atomic E-state index is 12.5. The Labute approximate surface area is 117 Å². The summed E-state index contributed by atoms with van der Waals surface area (Å²) in [7, 11) is 0. The van der Waals surface area contributed by atoms with Gasteiger partial charge in [-0.2, -0.15) is 0 Å². The zero-order chi connectivity index (χ0) is 14.5. The zero-order valence-corrected chi connectivity index (χ0v) is 11.2. The van der Waals surface area contributed by atoms with Gasteiger partial charge in [0.25, 0.3) is 0 Å². The third-order valence-corrected chi connectivity index (χ3v) is 3.32. The quantitative estimate of drug-likeness (QED) is 0.866. The largest absolute Gasteiger partial charge is 0.480 e. The SMILES string of the molecule is NC1CCCN(C(=O)N(CC(=O)O)c2ccccc2)C1. The topological polar surface area (TPSA) is 86.9 Å². The smallest absolute Gasteiger partial charge is 0.325 e. The van der Waals surface area contributed by atoms with Gasteiger partial charge in [-0.1, -0.05) is 18.2 Å². The fraction of sp³-hybridized carbons (Fsp3) is 0.429. The normalized spacial score (nSPS) is 18.6. The minimum atomic E-state index is -1.04. The molecule has 0 radical (unpaired) electrons. The number of anilines is 1. The van der Waals surface area contributed by atoms with Gasteiger partial charge < -0.3 is 15.7 Å². The molecule has 2 rings (SSSR count). The molecular formula is C14H19N3O3. The van der Waals surface area contributed by atoms with Gasteiger partial charge in [0.2, 0.25) is 0 Å². The lowest BCUT2D eigenvalue weighted by Crippen LogP contribution is -2.52. The number of carbonyl (C=O) groups excluding carboxylic acids is 1. The number of nitrogens with two attached hydrogens (primary N) is 1. The van der Waals surface area contributed by atoms with Crippen LogP contribution in [0, 0.1) is 0 Å². The first-order chi connectivity index (χ1) is 9.58. The van der Waals surface area contributed by atoms with Crippen LogP contribution in [-0.2, 0) is 4.79 Å². The van der Waals surface area contributed by atoms with Gasteiger partial charge in [-0.15, -0.1) is 0 Å². The van der Waals surface area contributed by atoms with Crippen molar-refractivity contribution in [1.29, 1.82) is 0 Å². The molecule has 0 aromatic heterocycles. The Kier molecular flexibility index (Phi) is 4.57. The summed E-state index contributed by atoms with van der Waals surface area (Å²) in [4.78, 5) is 26.4. The van der Waals surface area contributed by atoms with Gasteiger partial charge in [0.05, 0.1) is 0 Å². The van der Waals surface area contributed by atoms with Crippen LogP contribution in [0.2, 0.25) is 0 Å². The second-order valence-electron chi connectivity index (χ2n) is 4.95. The summed E-state index contributed by atoms with van der Waals surface area (Å²) in [6.45, 7) is 0.742. The highest BCUT2D eigenvalue weighted by Gasteiger charge is 2.27. The number of hydrogen-bond acceptors (Lipinski definition) is 3. The number of carboxylic acid groups (broad SMARTS) is 1. The molecule has 1 aromatic rings. The number of rotatable bonds is 3. The number of amides is 2. The van der Waals surface area contributed by atoms with E-state index in [0.29, 0.717) is 18.8 Å². The Balaban J connectivity index is 2.18. The first-order valence-electron chi connectivity index (χ1n) is 6.67. The summed E-state index contributed by atoms with van der Waals surface area (Å²) < 4.78 is 0. The van der Waals surface area contributed by atoms with Gasteiger partial charge in [-0.3, -0.25) is 9.69 Å². The minimum absolute atomic E-state index is 0.0323. The number of likely N-dealkylation sites (tertiary alicyclic amines) is 1. The lowest BCUT2D eigenvalue weighted by atomic mass is 10.1. The van der Waals surface area contributed by atoms with E-state index in [0.717, 1.165) is 12.8 Å². The van der Waals surface area contributed by atoms with Crippen molar-refractivity contribution in [2.75, 3.05) is 24.5 Å². The zero-order valence-electron chi connectivity index (χ0n) is 11.2. The second-order valence-corrected chi connectivity index (χ2v) is 4.95. The van der Waals surface area contributed by atoms with Crippen LogP contribution in [0.3, 0.4) is 0 Å². The maximum absolute atomic E-state index is 12.5. The predicted octanol–water partition coefficient (Wildman–Crippen LogP) is 1.12. The molecule has 1 heterocycles. The Morgan fingerprint density at radius 3 is 2.65 bits per heavy atom. The van der Waals surface area contributed by atoms with Gasteiger partial charge >= 0.3 is 12.0 Å². The summed E-state index contributed by atoms with van der Waals surface area (Å²) in [5, 5.41) is 9.01. The van der Waals surface area contributed by atoms with Crippen LogP contribution < -0.4 is 10.6 Å². The Morgan fingerprint density at radius 1 is 1.35 bits per heavy atom. The molecule has 0 bridgehead atoms. The molecule has 6 nitrogen and oxygen atoms in total. The van der Waals surface area contributed by atoms with Gasteiger partial charge in [0.15, 0.2) is 0 Å². The van der Waals surface area contributed by atoms with Crippen LogP contribution in [0.25, 0.3) is 0 Å². The van der Waals surface area contributed by atoms with Crippen LogP contribution >= 0.6 is 0 Å². The summed E-state index contributed by atoms with van der Waals surface area (Å²) in [6.07, 6.45) is 1.75. The van der Waals surface area contributed by atoms with Gasteiger partial charge in [0, 0.05) is 24.8 Å². The number of para-hydroxylation sites is 1. The molecule has 3 N–H and O–H groups in total. The van der Waals surface area contributed by atoms with Gasteiger partial charge in [-0.05, 0) is 25.0 Å². The third-order valence-electron chi connectivity index (χ3n) is 3.32. The molecule has 0 saturated carbocycles. The van der Waals surface area contributed by atoms with E-state index in [-0.39, 0.29) is 18.6 Å². The highest BCUT2D eigenvalue weighted by atomic mass is 16.4. The highest BCUT2D eigenvalue weighted by Crippen LogP contribution is 2.18. The van der Waals surface area contributed by atoms with Crippen LogP contribution in [0.1, 0.15) is 12.8 Å². The Bertz CT molecular complexity index is 478. The fourth-order valence-electron chi connectivity index (χ4n) is 2.37. The molecule has 1 fully saturated rings. The number of nitrogens with zero attached hydrogens (tertiary/aromatic N) is 2. The number of carbonyl (C=O) groups is 2. The van der Waals surface area contributed by atoms with Crippen LogP contribution in [-0.4, -0.2) is 47.7 Å². The van der Waals surface area contributed by atoms with E-state index < -0.39 is 5.97 Å². The molecule has 1 aliphatic rings. The molecule has 2 amide bonds. The van der Waals surface area contributed by atoms with E-state index in [1.165, 1.54) is 4.90 Å². The number of carboxylic acids is 1. The number of piperidine rings is 1. The van der Waals surface area contributed by atoms with Crippen molar-refractivity contribution in [2.24, 2.45) is 5.73 Å². The average Bonchev–Trinajstić information content (AvgIpc) is 2.45. The number of hydrogen-bond donors (Lipinski definition) is 2. The molecule has 1 aliphatic heterocycles. The lowest BCUT2D eigenvalue weighted by molar-refractivity contribution is -0.135. The molecule has 20 heavy (non-hydrogen) atoms. The van der Waals surface area contributed by atoms with Crippen molar-refractivity contribution in [1.82, 2.24) is 4.90 Å². The highest BCUT2D eigenvalue weighted by molar-refractivity contribution is 5.96. The van der Waals surface area contributed by atoms with Crippen LogP contribution in [0.5, 0.6) is 0 Å². The molecule has 0 aliphatic carbocycles.